The van der Waals surface area contributed by atoms with E-state index >= 15 is 0 Å². The summed E-state index contributed by atoms with van der Waals surface area (Å²) in [6.45, 7) is 2.01. The predicted molar refractivity (Wildman–Crippen MR) is 82.0 cm³/mol. The third kappa shape index (κ3) is 3.03. The van der Waals surface area contributed by atoms with Crippen molar-refractivity contribution >= 4 is 11.7 Å². The molecule has 7 heteroatoms. The van der Waals surface area contributed by atoms with E-state index in [-0.39, 0.29) is 12.5 Å². The van der Waals surface area contributed by atoms with E-state index in [1.165, 1.54) is 0 Å². The summed E-state index contributed by atoms with van der Waals surface area (Å²) in [6.07, 6.45) is 3.48. The van der Waals surface area contributed by atoms with E-state index in [0.29, 0.717) is 5.82 Å². The van der Waals surface area contributed by atoms with E-state index in [2.05, 4.69) is 20.5 Å². The number of rotatable bonds is 4. The minimum absolute atomic E-state index is 0.136. The molecule has 3 rings (SSSR count). The van der Waals surface area contributed by atoms with Crippen molar-refractivity contribution in [3.05, 3.63) is 48.4 Å². The fraction of sp³-hybridized carbons (Fsp3) is 0.200. The van der Waals surface area contributed by atoms with E-state index in [1.807, 2.05) is 37.3 Å². The Balaban J connectivity index is 1.67. The van der Waals surface area contributed by atoms with Gasteiger partial charge in [0.2, 0.25) is 5.91 Å². The van der Waals surface area contributed by atoms with Gasteiger partial charge in [0.1, 0.15) is 18.1 Å². The number of aromatic nitrogens is 5. The van der Waals surface area contributed by atoms with Gasteiger partial charge in [-0.1, -0.05) is 6.07 Å². The highest BCUT2D eigenvalue weighted by atomic mass is 16.2. The number of anilines is 1. The Hall–Kier alpha value is -2.96. The summed E-state index contributed by atoms with van der Waals surface area (Å²) in [5, 5.41) is 11.4. The molecule has 0 aliphatic carbocycles. The number of hydrogen-bond acceptors (Lipinski definition) is 4. The van der Waals surface area contributed by atoms with Gasteiger partial charge >= 0.3 is 0 Å². The molecule has 0 fully saturated rings. The van der Waals surface area contributed by atoms with Crippen molar-refractivity contribution in [1.29, 1.82) is 0 Å². The molecule has 1 N–H and O–H groups in total. The van der Waals surface area contributed by atoms with Gasteiger partial charge in [0.25, 0.3) is 0 Å². The fourth-order valence-electron chi connectivity index (χ4n) is 2.16. The standard InChI is InChI=1S/C15H16N6O/c1-11-9-14(20(2)18-11)17-15(22)10-21-8-6-13(19-21)12-5-3-4-7-16-12/h3-9H,10H2,1-2H3,(H,17,22). The van der Waals surface area contributed by atoms with E-state index < -0.39 is 0 Å². The molecule has 0 aliphatic rings. The monoisotopic (exact) mass is 296 g/mol. The summed E-state index contributed by atoms with van der Waals surface area (Å²) in [6, 6.07) is 9.29. The predicted octanol–water partition coefficient (Wildman–Crippen LogP) is 1.63. The van der Waals surface area contributed by atoms with Crippen LogP contribution < -0.4 is 5.32 Å². The Bertz CT molecular complexity index is 789. The Morgan fingerprint density at radius 1 is 1.23 bits per heavy atom. The van der Waals surface area contributed by atoms with Gasteiger partial charge in [-0.3, -0.25) is 19.1 Å². The minimum Gasteiger partial charge on any atom is -0.309 e. The molecular formula is C15H16N6O. The Kier molecular flexibility index (Phi) is 3.69. The van der Waals surface area contributed by atoms with Crippen molar-refractivity contribution in [2.24, 2.45) is 7.05 Å². The van der Waals surface area contributed by atoms with Crippen LogP contribution in [0.5, 0.6) is 0 Å². The first-order valence-corrected chi connectivity index (χ1v) is 6.87. The third-order valence-corrected chi connectivity index (χ3v) is 3.14. The Morgan fingerprint density at radius 3 is 2.77 bits per heavy atom. The second-order valence-electron chi connectivity index (χ2n) is 4.96. The molecule has 0 radical (unpaired) electrons. The zero-order valence-electron chi connectivity index (χ0n) is 12.4. The molecule has 3 aromatic heterocycles. The first-order valence-electron chi connectivity index (χ1n) is 6.87. The van der Waals surface area contributed by atoms with Crippen LogP contribution in [-0.2, 0) is 18.4 Å². The summed E-state index contributed by atoms with van der Waals surface area (Å²) >= 11 is 0. The summed E-state index contributed by atoms with van der Waals surface area (Å²) in [4.78, 5) is 16.3. The van der Waals surface area contributed by atoms with Gasteiger partial charge in [-0.15, -0.1) is 0 Å². The molecule has 0 saturated heterocycles. The quantitative estimate of drug-likeness (QED) is 0.793. The fourth-order valence-corrected chi connectivity index (χ4v) is 2.16. The lowest BCUT2D eigenvalue weighted by Crippen LogP contribution is -2.20. The lowest BCUT2D eigenvalue weighted by atomic mass is 10.3. The highest BCUT2D eigenvalue weighted by Crippen LogP contribution is 2.13. The summed E-state index contributed by atoms with van der Waals surface area (Å²) in [5.41, 5.74) is 2.38. The van der Waals surface area contributed by atoms with Gasteiger partial charge in [-0.25, -0.2) is 0 Å². The zero-order valence-corrected chi connectivity index (χ0v) is 12.4. The van der Waals surface area contributed by atoms with Crippen molar-refractivity contribution < 1.29 is 4.79 Å². The van der Waals surface area contributed by atoms with E-state index in [9.17, 15) is 4.79 Å². The van der Waals surface area contributed by atoms with Crippen molar-refractivity contribution in [3.8, 4) is 11.4 Å². The number of hydrogen-bond donors (Lipinski definition) is 1. The van der Waals surface area contributed by atoms with Gasteiger partial charge < -0.3 is 5.32 Å². The maximum absolute atomic E-state index is 12.1. The van der Waals surface area contributed by atoms with Crippen LogP contribution in [0.2, 0.25) is 0 Å². The maximum Gasteiger partial charge on any atom is 0.247 e. The van der Waals surface area contributed by atoms with Crippen LogP contribution in [0.1, 0.15) is 5.69 Å². The molecule has 3 aromatic rings. The molecule has 3 heterocycles. The lowest BCUT2D eigenvalue weighted by molar-refractivity contribution is -0.116. The number of aryl methyl sites for hydroxylation is 2. The van der Waals surface area contributed by atoms with Crippen molar-refractivity contribution in [3.63, 3.8) is 0 Å². The largest absolute Gasteiger partial charge is 0.309 e. The molecule has 1 amide bonds. The van der Waals surface area contributed by atoms with Crippen LogP contribution in [0, 0.1) is 6.92 Å². The van der Waals surface area contributed by atoms with Crippen molar-refractivity contribution in [1.82, 2.24) is 24.5 Å². The minimum atomic E-state index is -0.154. The van der Waals surface area contributed by atoms with E-state index in [0.717, 1.165) is 17.1 Å². The van der Waals surface area contributed by atoms with Crippen LogP contribution in [-0.4, -0.2) is 30.5 Å². The van der Waals surface area contributed by atoms with Gasteiger partial charge in [0, 0.05) is 25.5 Å². The van der Waals surface area contributed by atoms with Crippen LogP contribution >= 0.6 is 0 Å². The molecule has 0 bridgehead atoms. The van der Waals surface area contributed by atoms with Gasteiger partial charge in [0.05, 0.1) is 11.4 Å². The van der Waals surface area contributed by atoms with Crippen LogP contribution in [0.25, 0.3) is 11.4 Å². The van der Waals surface area contributed by atoms with Crippen molar-refractivity contribution in [2.75, 3.05) is 5.32 Å². The van der Waals surface area contributed by atoms with Crippen LogP contribution in [0.4, 0.5) is 5.82 Å². The highest BCUT2D eigenvalue weighted by Gasteiger charge is 2.09. The first kappa shape index (κ1) is 14.0. The van der Waals surface area contributed by atoms with E-state index in [4.69, 9.17) is 0 Å². The van der Waals surface area contributed by atoms with Crippen LogP contribution in [0.15, 0.2) is 42.7 Å². The molecule has 0 spiro atoms. The molecule has 0 atom stereocenters. The maximum atomic E-state index is 12.1. The Morgan fingerprint density at radius 2 is 2.09 bits per heavy atom. The molecule has 112 valence electrons. The number of carbonyl (C=O) groups is 1. The molecule has 0 aliphatic heterocycles. The number of pyridine rings is 1. The topological polar surface area (TPSA) is 77.6 Å². The van der Waals surface area contributed by atoms with Gasteiger partial charge in [-0.2, -0.15) is 10.2 Å². The average Bonchev–Trinajstić information content (AvgIpc) is 3.07. The van der Waals surface area contributed by atoms with E-state index in [1.54, 1.807) is 28.8 Å². The molecule has 0 aromatic carbocycles. The summed E-state index contributed by atoms with van der Waals surface area (Å²) < 4.78 is 3.22. The number of carbonyl (C=O) groups excluding carboxylic acids is 1. The third-order valence-electron chi connectivity index (χ3n) is 3.14. The molecule has 0 unspecified atom stereocenters. The molecule has 7 nitrogen and oxygen atoms in total. The normalized spacial score (nSPS) is 10.6. The summed E-state index contributed by atoms with van der Waals surface area (Å²) in [7, 11) is 1.79. The number of nitrogens with one attached hydrogen (secondary N) is 1. The highest BCUT2D eigenvalue weighted by molar-refractivity contribution is 5.89. The number of nitrogens with zero attached hydrogens (tertiary/aromatic N) is 5. The molecule has 0 saturated carbocycles. The van der Waals surface area contributed by atoms with Crippen LogP contribution in [0.3, 0.4) is 0 Å². The summed E-state index contributed by atoms with van der Waals surface area (Å²) in [5.74, 6) is 0.512. The second kappa shape index (κ2) is 5.80. The van der Waals surface area contributed by atoms with Crippen molar-refractivity contribution in [2.45, 2.75) is 13.5 Å². The molecular weight excluding hydrogens is 280 g/mol. The Labute approximate surface area is 127 Å². The molecule has 22 heavy (non-hydrogen) atoms. The lowest BCUT2D eigenvalue weighted by Gasteiger charge is -2.05. The first-order chi connectivity index (χ1) is 10.6. The SMILES string of the molecule is Cc1cc(NC(=O)Cn2ccc(-c3ccccn3)n2)n(C)n1. The average molecular weight is 296 g/mol. The smallest absolute Gasteiger partial charge is 0.247 e. The number of amides is 1. The second-order valence-corrected chi connectivity index (χ2v) is 4.96. The zero-order chi connectivity index (χ0) is 15.5. The van der Waals surface area contributed by atoms with Gasteiger partial charge in [0.15, 0.2) is 0 Å². The van der Waals surface area contributed by atoms with Gasteiger partial charge in [-0.05, 0) is 25.1 Å².